The van der Waals surface area contributed by atoms with E-state index < -0.39 is 30.9 Å². The van der Waals surface area contributed by atoms with Gasteiger partial charge in [0.2, 0.25) is 0 Å². The van der Waals surface area contributed by atoms with E-state index in [1.54, 1.807) is 0 Å². The van der Waals surface area contributed by atoms with Gasteiger partial charge in [-0.1, -0.05) is 17.7 Å². The van der Waals surface area contributed by atoms with E-state index in [0.717, 1.165) is 12.1 Å². The molecule has 2 rings (SSSR count). The van der Waals surface area contributed by atoms with Crippen LogP contribution in [-0.4, -0.2) is 32.2 Å². The Labute approximate surface area is 168 Å². The first-order valence-electron chi connectivity index (χ1n) is 8.01. The van der Waals surface area contributed by atoms with Crippen LogP contribution >= 0.6 is 11.6 Å². The second kappa shape index (κ2) is 10.4. The van der Waals surface area contributed by atoms with Gasteiger partial charge in [0.25, 0.3) is 5.91 Å². The standard InChI is InChI=1S/C19H15ClF3NO5/c1-27-16-8-11(2-6-15(16)29-19(22)23)3-7-18(26)28-10-17(25)24-12-4-5-14(21)13(20)9-12/h2-9,19H,10H2,1H3,(H,24,25)/b7-3+. The van der Waals surface area contributed by atoms with E-state index in [0.29, 0.717) is 5.56 Å². The first-order valence-corrected chi connectivity index (χ1v) is 8.39. The molecule has 0 saturated carbocycles. The minimum absolute atomic E-state index is 0.0538. The molecule has 154 valence electrons. The number of nitrogens with one attached hydrogen (secondary N) is 1. The smallest absolute Gasteiger partial charge is 0.387 e. The fraction of sp³-hybridized carbons (Fsp3) is 0.158. The number of carbonyl (C=O) groups excluding carboxylic acids is 2. The SMILES string of the molecule is COc1cc(/C=C/C(=O)OCC(=O)Nc2ccc(F)c(Cl)c2)ccc1OC(F)F. The zero-order valence-electron chi connectivity index (χ0n) is 15.0. The summed E-state index contributed by atoms with van der Waals surface area (Å²) in [5.74, 6) is -2.20. The van der Waals surface area contributed by atoms with Gasteiger partial charge in [-0.2, -0.15) is 8.78 Å². The van der Waals surface area contributed by atoms with Crippen molar-refractivity contribution < 1.29 is 37.0 Å². The number of methoxy groups -OCH3 is 1. The van der Waals surface area contributed by atoms with Crippen molar-refractivity contribution in [3.8, 4) is 11.5 Å². The molecule has 0 saturated heterocycles. The summed E-state index contributed by atoms with van der Waals surface area (Å²) in [6.07, 6.45) is 2.39. The summed E-state index contributed by atoms with van der Waals surface area (Å²) in [4.78, 5) is 23.5. The van der Waals surface area contributed by atoms with Gasteiger partial charge in [0.1, 0.15) is 5.82 Å². The molecule has 0 aliphatic rings. The minimum atomic E-state index is -3.00. The maximum atomic E-state index is 13.1. The van der Waals surface area contributed by atoms with Crippen LogP contribution in [0.25, 0.3) is 6.08 Å². The van der Waals surface area contributed by atoms with Crippen molar-refractivity contribution >= 4 is 35.2 Å². The second-order valence-corrected chi connectivity index (χ2v) is 5.81. The molecule has 0 fully saturated rings. The van der Waals surface area contributed by atoms with Crippen molar-refractivity contribution in [1.29, 1.82) is 0 Å². The second-order valence-electron chi connectivity index (χ2n) is 5.41. The Kier molecular flexibility index (Phi) is 7.90. The largest absolute Gasteiger partial charge is 0.493 e. The molecule has 2 aromatic rings. The number of benzene rings is 2. The van der Waals surface area contributed by atoms with Crippen molar-refractivity contribution in [2.45, 2.75) is 6.61 Å². The Balaban J connectivity index is 1.88. The minimum Gasteiger partial charge on any atom is -0.493 e. The molecular weight excluding hydrogens is 415 g/mol. The van der Waals surface area contributed by atoms with Crippen LogP contribution in [0, 0.1) is 5.82 Å². The van der Waals surface area contributed by atoms with E-state index in [4.69, 9.17) is 21.1 Å². The normalized spacial score (nSPS) is 10.8. The molecular formula is C19H15ClF3NO5. The summed E-state index contributed by atoms with van der Waals surface area (Å²) in [6, 6.07) is 7.66. The van der Waals surface area contributed by atoms with E-state index in [-0.39, 0.29) is 22.2 Å². The van der Waals surface area contributed by atoms with Crippen LogP contribution in [0.5, 0.6) is 11.5 Å². The quantitative estimate of drug-likeness (QED) is 0.500. The molecule has 1 N–H and O–H groups in total. The van der Waals surface area contributed by atoms with Gasteiger partial charge < -0.3 is 19.5 Å². The van der Waals surface area contributed by atoms with Gasteiger partial charge in [-0.3, -0.25) is 4.79 Å². The van der Waals surface area contributed by atoms with E-state index in [2.05, 4.69) is 10.1 Å². The molecule has 0 aliphatic carbocycles. The lowest BCUT2D eigenvalue weighted by atomic mass is 10.2. The average molecular weight is 430 g/mol. The lowest BCUT2D eigenvalue weighted by Crippen LogP contribution is -2.20. The van der Waals surface area contributed by atoms with Crippen molar-refractivity contribution in [3.05, 3.63) is 58.9 Å². The van der Waals surface area contributed by atoms with Gasteiger partial charge in [-0.05, 0) is 42.0 Å². The molecule has 0 aliphatic heterocycles. The van der Waals surface area contributed by atoms with Crippen LogP contribution in [0.1, 0.15) is 5.56 Å². The highest BCUT2D eigenvalue weighted by Crippen LogP contribution is 2.29. The Morgan fingerprint density at radius 2 is 1.93 bits per heavy atom. The number of esters is 1. The summed E-state index contributed by atoms with van der Waals surface area (Å²) in [5, 5.41) is 2.23. The van der Waals surface area contributed by atoms with Crippen molar-refractivity contribution in [2.24, 2.45) is 0 Å². The Morgan fingerprint density at radius 3 is 2.59 bits per heavy atom. The van der Waals surface area contributed by atoms with Gasteiger partial charge in [0.05, 0.1) is 12.1 Å². The van der Waals surface area contributed by atoms with Gasteiger partial charge in [0, 0.05) is 11.8 Å². The number of hydrogen-bond donors (Lipinski definition) is 1. The Morgan fingerprint density at radius 1 is 1.17 bits per heavy atom. The van der Waals surface area contributed by atoms with E-state index in [1.807, 2.05) is 0 Å². The van der Waals surface area contributed by atoms with E-state index in [9.17, 15) is 22.8 Å². The number of amides is 1. The number of ether oxygens (including phenoxy) is 3. The fourth-order valence-electron chi connectivity index (χ4n) is 2.10. The van der Waals surface area contributed by atoms with Crippen molar-refractivity contribution in [1.82, 2.24) is 0 Å². The molecule has 0 bridgehead atoms. The topological polar surface area (TPSA) is 73.9 Å². The maximum absolute atomic E-state index is 13.1. The van der Waals surface area contributed by atoms with E-state index in [1.165, 1.54) is 43.5 Å². The highest BCUT2D eigenvalue weighted by Gasteiger charge is 2.11. The van der Waals surface area contributed by atoms with Crippen molar-refractivity contribution in [2.75, 3.05) is 19.0 Å². The highest BCUT2D eigenvalue weighted by atomic mass is 35.5. The summed E-state index contributed by atoms with van der Waals surface area (Å²) < 4.78 is 51.7. The monoisotopic (exact) mass is 429 g/mol. The van der Waals surface area contributed by atoms with Gasteiger partial charge >= 0.3 is 12.6 Å². The van der Waals surface area contributed by atoms with Crippen LogP contribution in [0.2, 0.25) is 5.02 Å². The number of hydrogen-bond acceptors (Lipinski definition) is 5. The third-order valence-electron chi connectivity index (χ3n) is 3.36. The molecule has 0 atom stereocenters. The van der Waals surface area contributed by atoms with Crippen LogP contribution in [-0.2, 0) is 14.3 Å². The molecule has 10 heteroatoms. The molecule has 0 unspecified atom stereocenters. The summed E-state index contributed by atoms with van der Waals surface area (Å²) in [6.45, 7) is -3.58. The number of rotatable bonds is 8. The number of anilines is 1. The molecule has 2 aromatic carbocycles. The molecule has 0 aromatic heterocycles. The summed E-state index contributed by atoms with van der Waals surface area (Å²) in [7, 11) is 1.28. The first kappa shape index (κ1) is 22.1. The predicted octanol–water partition coefficient (Wildman–Crippen LogP) is 4.28. The van der Waals surface area contributed by atoms with Gasteiger partial charge in [-0.15, -0.1) is 0 Å². The molecule has 0 spiro atoms. The van der Waals surface area contributed by atoms with Crippen LogP contribution in [0.15, 0.2) is 42.5 Å². The average Bonchev–Trinajstić information content (AvgIpc) is 2.68. The maximum Gasteiger partial charge on any atom is 0.387 e. The number of carbonyl (C=O) groups is 2. The van der Waals surface area contributed by atoms with Crippen LogP contribution < -0.4 is 14.8 Å². The third kappa shape index (κ3) is 7.04. The zero-order valence-corrected chi connectivity index (χ0v) is 15.7. The molecule has 29 heavy (non-hydrogen) atoms. The molecule has 1 amide bonds. The fourth-order valence-corrected chi connectivity index (χ4v) is 2.28. The lowest BCUT2D eigenvalue weighted by Gasteiger charge is -2.10. The molecule has 6 nitrogen and oxygen atoms in total. The Hall–Kier alpha value is -3.20. The number of halogens is 4. The third-order valence-corrected chi connectivity index (χ3v) is 3.65. The van der Waals surface area contributed by atoms with E-state index >= 15 is 0 Å². The van der Waals surface area contributed by atoms with Crippen molar-refractivity contribution in [3.63, 3.8) is 0 Å². The Bertz CT molecular complexity index is 921. The zero-order chi connectivity index (χ0) is 21.4. The highest BCUT2D eigenvalue weighted by molar-refractivity contribution is 6.31. The first-order chi connectivity index (χ1) is 13.8. The van der Waals surface area contributed by atoms with Crippen LogP contribution in [0.3, 0.4) is 0 Å². The molecule has 0 heterocycles. The molecule has 0 radical (unpaired) electrons. The summed E-state index contributed by atoms with van der Waals surface area (Å²) >= 11 is 5.61. The number of alkyl halides is 2. The predicted molar refractivity (Wildman–Crippen MR) is 99.7 cm³/mol. The summed E-state index contributed by atoms with van der Waals surface area (Å²) in [5.41, 5.74) is 0.692. The van der Waals surface area contributed by atoms with Gasteiger partial charge in [0.15, 0.2) is 18.1 Å². The van der Waals surface area contributed by atoms with Crippen LogP contribution in [0.4, 0.5) is 18.9 Å². The lowest BCUT2D eigenvalue weighted by molar-refractivity contribution is -0.142. The van der Waals surface area contributed by atoms with Gasteiger partial charge in [-0.25, -0.2) is 9.18 Å².